The van der Waals surface area contributed by atoms with Gasteiger partial charge in [0.05, 0.1) is 6.20 Å². The van der Waals surface area contributed by atoms with Gasteiger partial charge in [0.15, 0.2) is 5.13 Å². The highest BCUT2D eigenvalue weighted by atomic mass is 35.5. The van der Waals surface area contributed by atoms with Crippen molar-refractivity contribution in [2.75, 3.05) is 31.7 Å². The Morgan fingerprint density at radius 2 is 1.73 bits per heavy atom. The summed E-state index contributed by atoms with van der Waals surface area (Å²) in [7, 11) is 0. The molecule has 0 saturated carbocycles. The Bertz CT molecular complexity index is 483. The number of rotatable bonds is 3. The molecule has 0 radical (unpaired) electrons. The summed E-state index contributed by atoms with van der Waals surface area (Å²) in [4.78, 5) is 18.9. The van der Waals surface area contributed by atoms with Crippen LogP contribution in [0, 0.1) is 0 Å². The van der Waals surface area contributed by atoms with Crippen molar-refractivity contribution >= 4 is 34.1 Å². The molecule has 8 heteroatoms. The molecule has 0 spiro atoms. The number of anilines is 1. The van der Waals surface area contributed by atoms with Gasteiger partial charge in [-0.2, -0.15) is 0 Å². The van der Waals surface area contributed by atoms with Gasteiger partial charge in [-0.15, -0.1) is 0 Å². The van der Waals surface area contributed by atoms with Gasteiger partial charge < -0.3 is 14.4 Å². The number of carbonyl (C=O) groups excluding carboxylic acids is 1. The van der Waals surface area contributed by atoms with Crippen molar-refractivity contribution in [2.24, 2.45) is 0 Å². The molecule has 0 aliphatic carbocycles. The summed E-state index contributed by atoms with van der Waals surface area (Å²) in [6.45, 7) is 2.84. The Kier molecular flexibility index (Phi) is 5.51. The Hall–Kier alpha value is -0.890. The Morgan fingerprint density at radius 1 is 1.18 bits per heavy atom. The van der Waals surface area contributed by atoms with E-state index in [1.165, 1.54) is 11.3 Å². The third-order valence-electron chi connectivity index (χ3n) is 4.09. The summed E-state index contributed by atoms with van der Waals surface area (Å²) < 4.78 is 11.4. The van der Waals surface area contributed by atoms with Crippen LogP contribution in [-0.4, -0.2) is 54.4 Å². The van der Waals surface area contributed by atoms with Crippen LogP contribution in [0.4, 0.5) is 9.93 Å². The van der Waals surface area contributed by atoms with E-state index in [1.807, 2.05) is 4.90 Å². The van der Waals surface area contributed by atoms with Gasteiger partial charge in [-0.05, 0) is 25.7 Å². The van der Waals surface area contributed by atoms with E-state index in [1.54, 1.807) is 6.20 Å². The van der Waals surface area contributed by atoms with Crippen LogP contribution in [0.5, 0.6) is 0 Å². The lowest BCUT2D eigenvalue weighted by Crippen LogP contribution is -2.52. The van der Waals surface area contributed by atoms with Crippen molar-refractivity contribution in [3.63, 3.8) is 0 Å². The number of thiazole rings is 1. The zero-order chi connectivity index (χ0) is 15.4. The first-order valence-electron chi connectivity index (χ1n) is 7.60. The van der Waals surface area contributed by atoms with Crippen LogP contribution < -0.4 is 5.32 Å². The molecule has 6 nitrogen and oxygen atoms in total. The lowest BCUT2D eigenvalue weighted by molar-refractivity contribution is 0.00269. The SMILES string of the molecule is O=C(Nc1ncc(Cl)s1)N(C1CCOCC1)C1CCOCC1. The summed E-state index contributed by atoms with van der Waals surface area (Å²) in [5, 5.41) is 3.43. The molecule has 0 atom stereocenters. The first-order chi connectivity index (χ1) is 10.7. The maximum atomic E-state index is 12.8. The van der Waals surface area contributed by atoms with E-state index in [2.05, 4.69) is 10.3 Å². The molecule has 2 amide bonds. The number of amides is 2. The van der Waals surface area contributed by atoms with Crippen LogP contribution in [0.1, 0.15) is 25.7 Å². The van der Waals surface area contributed by atoms with E-state index in [4.69, 9.17) is 21.1 Å². The van der Waals surface area contributed by atoms with Gasteiger partial charge in [0.25, 0.3) is 0 Å². The third kappa shape index (κ3) is 3.90. The van der Waals surface area contributed by atoms with Gasteiger partial charge in [0.2, 0.25) is 0 Å². The van der Waals surface area contributed by atoms with Gasteiger partial charge in [-0.25, -0.2) is 9.78 Å². The average Bonchev–Trinajstić information content (AvgIpc) is 2.95. The second-order valence-electron chi connectivity index (χ2n) is 5.49. The van der Waals surface area contributed by atoms with Gasteiger partial charge in [-0.3, -0.25) is 5.32 Å². The number of nitrogens with zero attached hydrogens (tertiary/aromatic N) is 2. The average molecular weight is 346 g/mol. The van der Waals surface area contributed by atoms with Crippen LogP contribution in [0.15, 0.2) is 6.20 Å². The molecule has 3 rings (SSSR count). The molecule has 1 aromatic rings. The van der Waals surface area contributed by atoms with Gasteiger partial charge in [0, 0.05) is 38.5 Å². The van der Waals surface area contributed by atoms with Crippen molar-refractivity contribution in [3.05, 3.63) is 10.5 Å². The third-order valence-corrected chi connectivity index (χ3v) is 5.12. The maximum Gasteiger partial charge on any atom is 0.324 e. The Labute approximate surface area is 138 Å². The highest BCUT2D eigenvalue weighted by molar-refractivity contribution is 7.19. The van der Waals surface area contributed by atoms with Gasteiger partial charge in [-0.1, -0.05) is 22.9 Å². The number of urea groups is 1. The summed E-state index contributed by atoms with van der Waals surface area (Å²) in [5.41, 5.74) is 0. The second-order valence-corrected chi connectivity index (χ2v) is 7.16. The number of hydrogen-bond donors (Lipinski definition) is 1. The fraction of sp³-hybridized carbons (Fsp3) is 0.714. The molecular formula is C14H20ClN3O3S. The molecule has 0 unspecified atom stereocenters. The Morgan fingerprint density at radius 3 is 2.18 bits per heavy atom. The molecule has 1 N–H and O–H groups in total. The van der Waals surface area contributed by atoms with E-state index >= 15 is 0 Å². The zero-order valence-corrected chi connectivity index (χ0v) is 13.9. The number of carbonyl (C=O) groups is 1. The van der Waals surface area contributed by atoms with E-state index in [0.717, 1.165) is 25.7 Å². The van der Waals surface area contributed by atoms with Crippen molar-refractivity contribution in [3.8, 4) is 0 Å². The first-order valence-corrected chi connectivity index (χ1v) is 8.79. The van der Waals surface area contributed by atoms with Crippen LogP contribution in [-0.2, 0) is 9.47 Å². The van der Waals surface area contributed by atoms with Crippen molar-refractivity contribution in [1.29, 1.82) is 0 Å². The number of aromatic nitrogens is 1. The topological polar surface area (TPSA) is 63.7 Å². The molecule has 3 heterocycles. The van der Waals surface area contributed by atoms with E-state index < -0.39 is 0 Å². The molecule has 22 heavy (non-hydrogen) atoms. The fourth-order valence-corrected chi connectivity index (χ4v) is 3.83. The molecule has 2 saturated heterocycles. The van der Waals surface area contributed by atoms with Crippen LogP contribution in [0.2, 0.25) is 4.34 Å². The molecule has 2 aliphatic rings. The molecule has 0 aromatic carbocycles. The Balaban J connectivity index is 1.72. The normalized spacial score (nSPS) is 20.8. The predicted octanol–water partition coefficient (Wildman–Crippen LogP) is 2.99. The molecular weight excluding hydrogens is 326 g/mol. The minimum absolute atomic E-state index is 0.0928. The van der Waals surface area contributed by atoms with Gasteiger partial charge >= 0.3 is 6.03 Å². The standard InChI is InChI=1S/C14H20ClN3O3S/c15-12-9-16-13(22-12)17-14(19)18(10-1-5-20-6-2-10)11-3-7-21-8-4-11/h9-11H,1-8H2,(H,16,17,19). The smallest absolute Gasteiger partial charge is 0.324 e. The minimum Gasteiger partial charge on any atom is -0.381 e. The largest absolute Gasteiger partial charge is 0.381 e. The van der Waals surface area contributed by atoms with Crippen molar-refractivity contribution in [1.82, 2.24) is 9.88 Å². The van der Waals surface area contributed by atoms with Crippen LogP contribution >= 0.6 is 22.9 Å². The maximum absolute atomic E-state index is 12.8. The van der Waals surface area contributed by atoms with Crippen molar-refractivity contribution < 1.29 is 14.3 Å². The monoisotopic (exact) mass is 345 g/mol. The summed E-state index contributed by atoms with van der Waals surface area (Å²) in [6, 6.07) is 0.337. The molecule has 1 aromatic heterocycles. The molecule has 2 aliphatic heterocycles. The molecule has 122 valence electrons. The van der Waals surface area contributed by atoms with Crippen LogP contribution in [0.25, 0.3) is 0 Å². The summed E-state index contributed by atoms with van der Waals surface area (Å²) >= 11 is 7.15. The second kappa shape index (κ2) is 7.59. The lowest BCUT2D eigenvalue weighted by atomic mass is 10.0. The fourth-order valence-electron chi connectivity index (χ4n) is 3.02. The summed E-state index contributed by atoms with van der Waals surface area (Å²) in [5.74, 6) is 0. The minimum atomic E-state index is -0.0928. The first kappa shape index (κ1) is 16.0. The number of hydrogen-bond acceptors (Lipinski definition) is 5. The molecule has 2 fully saturated rings. The van der Waals surface area contributed by atoms with Crippen molar-refractivity contribution in [2.45, 2.75) is 37.8 Å². The van der Waals surface area contributed by atoms with Gasteiger partial charge in [0.1, 0.15) is 4.34 Å². The zero-order valence-electron chi connectivity index (χ0n) is 12.3. The lowest BCUT2D eigenvalue weighted by Gasteiger charge is -2.41. The quantitative estimate of drug-likeness (QED) is 0.914. The predicted molar refractivity (Wildman–Crippen MR) is 85.7 cm³/mol. The van der Waals surface area contributed by atoms with E-state index in [0.29, 0.717) is 35.9 Å². The van der Waals surface area contributed by atoms with E-state index in [-0.39, 0.29) is 18.1 Å². The number of halogens is 1. The number of ether oxygens (including phenoxy) is 2. The highest BCUT2D eigenvalue weighted by Crippen LogP contribution is 2.26. The molecule has 0 bridgehead atoms. The highest BCUT2D eigenvalue weighted by Gasteiger charge is 2.33. The van der Waals surface area contributed by atoms with Crippen LogP contribution in [0.3, 0.4) is 0 Å². The summed E-state index contributed by atoms with van der Waals surface area (Å²) in [6.07, 6.45) is 5.06. The number of nitrogens with one attached hydrogen (secondary N) is 1. The van der Waals surface area contributed by atoms with E-state index in [9.17, 15) is 4.79 Å².